The molecule has 1 fully saturated rings. The van der Waals surface area contributed by atoms with E-state index in [0.29, 0.717) is 6.04 Å². The van der Waals surface area contributed by atoms with Crippen LogP contribution in [0.2, 0.25) is 0 Å². The van der Waals surface area contributed by atoms with E-state index in [0.717, 1.165) is 37.7 Å². The predicted molar refractivity (Wildman–Crippen MR) is 75.0 cm³/mol. The van der Waals surface area contributed by atoms with Crippen molar-refractivity contribution >= 4 is 11.6 Å². The fourth-order valence-electron chi connectivity index (χ4n) is 2.49. The van der Waals surface area contributed by atoms with Gasteiger partial charge < -0.3 is 15.5 Å². The summed E-state index contributed by atoms with van der Waals surface area (Å²) in [6.45, 7) is 4.89. The molecule has 5 nitrogen and oxygen atoms in total. The van der Waals surface area contributed by atoms with Crippen molar-refractivity contribution in [3.05, 3.63) is 12.4 Å². The summed E-state index contributed by atoms with van der Waals surface area (Å²) in [5.74, 6) is 2.03. The zero-order valence-electron chi connectivity index (χ0n) is 11.3. The van der Waals surface area contributed by atoms with Crippen LogP contribution in [0.1, 0.15) is 26.2 Å². The molecule has 2 rings (SSSR count). The Morgan fingerprint density at radius 1 is 1.50 bits per heavy atom. The monoisotopic (exact) mass is 249 g/mol. The fourth-order valence-corrected chi connectivity index (χ4v) is 2.49. The van der Waals surface area contributed by atoms with Gasteiger partial charge in [-0.2, -0.15) is 0 Å². The van der Waals surface area contributed by atoms with Gasteiger partial charge in [-0.15, -0.1) is 0 Å². The maximum atomic E-state index is 5.68. The highest BCUT2D eigenvalue weighted by Crippen LogP contribution is 2.26. The molecule has 1 aromatic rings. The molecule has 1 aromatic heterocycles. The number of nitrogens with zero attached hydrogens (tertiary/aromatic N) is 4. The molecule has 1 aliphatic heterocycles. The molecular weight excluding hydrogens is 226 g/mol. The van der Waals surface area contributed by atoms with Gasteiger partial charge in [-0.3, -0.25) is 0 Å². The van der Waals surface area contributed by atoms with E-state index in [1.165, 1.54) is 12.8 Å². The van der Waals surface area contributed by atoms with E-state index in [1.807, 2.05) is 7.05 Å². The van der Waals surface area contributed by atoms with Crippen molar-refractivity contribution < 1.29 is 0 Å². The van der Waals surface area contributed by atoms with Crippen molar-refractivity contribution in [3.63, 3.8) is 0 Å². The average molecular weight is 249 g/mol. The number of anilines is 2. The molecule has 0 amide bonds. The third-order valence-corrected chi connectivity index (χ3v) is 3.67. The molecule has 2 N–H and O–H groups in total. The summed E-state index contributed by atoms with van der Waals surface area (Å²) in [4.78, 5) is 13.2. The van der Waals surface area contributed by atoms with Gasteiger partial charge in [0.2, 0.25) is 0 Å². The van der Waals surface area contributed by atoms with Gasteiger partial charge in [0.25, 0.3) is 0 Å². The van der Waals surface area contributed by atoms with Crippen molar-refractivity contribution in [1.29, 1.82) is 0 Å². The van der Waals surface area contributed by atoms with Crippen LogP contribution < -0.4 is 15.5 Å². The lowest BCUT2D eigenvalue weighted by atomic mass is 10.1. The normalized spacial score (nSPS) is 19.3. The largest absolute Gasteiger partial charge is 0.360 e. The maximum Gasteiger partial charge on any atom is 0.134 e. The lowest BCUT2D eigenvalue weighted by molar-refractivity contribution is 0.614. The van der Waals surface area contributed by atoms with Gasteiger partial charge in [0, 0.05) is 32.2 Å². The van der Waals surface area contributed by atoms with E-state index in [1.54, 1.807) is 6.33 Å². The quantitative estimate of drug-likeness (QED) is 0.851. The Morgan fingerprint density at radius 3 is 3.06 bits per heavy atom. The van der Waals surface area contributed by atoms with Crippen LogP contribution in [0.5, 0.6) is 0 Å². The second-order valence-corrected chi connectivity index (χ2v) is 4.82. The van der Waals surface area contributed by atoms with Gasteiger partial charge in [0.1, 0.15) is 18.0 Å². The van der Waals surface area contributed by atoms with Crippen LogP contribution in [-0.4, -0.2) is 42.7 Å². The summed E-state index contributed by atoms with van der Waals surface area (Å²) in [6.07, 6.45) is 5.16. The Balaban J connectivity index is 2.17. The third-order valence-electron chi connectivity index (χ3n) is 3.67. The molecule has 2 heterocycles. The van der Waals surface area contributed by atoms with Crippen molar-refractivity contribution in [2.45, 2.75) is 32.2 Å². The highest BCUT2D eigenvalue weighted by molar-refractivity contribution is 5.50. The van der Waals surface area contributed by atoms with Crippen LogP contribution in [0.25, 0.3) is 0 Å². The Labute approximate surface area is 109 Å². The lowest BCUT2D eigenvalue weighted by Crippen LogP contribution is -2.32. The van der Waals surface area contributed by atoms with E-state index in [9.17, 15) is 0 Å². The van der Waals surface area contributed by atoms with Crippen LogP contribution in [0.4, 0.5) is 11.6 Å². The summed E-state index contributed by atoms with van der Waals surface area (Å²) < 4.78 is 0. The topological polar surface area (TPSA) is 58.3 Å². The first-order valence-electron chi connectivity index (χ1n) is 6.76. The SMILES string of the molecule is CCN(C)c1cc(N2CCCC2CCN)ncn1. The number of hydrogen-bond acceptors (Lipinski definition) is 5. The summed E-state index contributed by atoms with van der Waals surface area (Å²) in [6, 6.07) is 2.63. The minimum Gasteiger partial charge on any atom is -0.360 e. The van der Waals surface area contributed by atoms with E-state index >= 15 is 0 Å². The lowest BCUT2D eigenvalue weighted by Gasteiger charge is -2.26. The maximum absolute atomic E-state index is 5.68. The smallest absolute Gasteiger partial charge is 0.134 e. The molecule has 1 unspecified atom stereocenters. The van der Waals surface area contributed by atoms with Crippen LogP contribution in [-0.2, 0) is 0 Å². The van der Waals surface area contributed by atoms with Gasteiger partial charge in [0.15, 0.2) is 0 Å². The molecule has 0 aromatic carbocycles. The van der Waals surface area contributed by atoms with Gasteiger partial charge in [-0.05, 0) is 32.7 Å². The zero-order chi connectivity index (χ0) is 13.0. The van der Waals surface area contributed by atoms with E-state index in [2.05, 4.69) is 32.8 Å². The number of nitrogens with two attached hydrogens (primary N) is 1. The molecule has 100 valence electrons. The van der Waals surface area contributed by atoms with Crippen LogP contribution in [0, 0.1) is 0 Å². The third kappa shape index (κ3) is 2.72. The minimum absolute atomic E-state index is 0.546. The predicted octanol–water partition coefficient (Wildman–Crippen LogP) is 1.25. The number of rotatable bonds is 5. The first kappa shape index (κ1) is 13.1. The number of aromatic nitrogens is 2. The average Bonchev–Trinajstić information content (AvgIpc) is 2.87. The van der Waals surface area contributed by atoms with Crippen molar-refractivity contribution in [1.82, 2.24) is 9.97 Å². The second-order valence-electron chi connectivity index (χ2n) is 4.82. The Morgan fingerprint density at radius 2 is 2.33 bits per heavy atom. The van der Waals surface area contributed by atoms with E-state index in [4.69, 9.17) is 5.73 Å². The van der Waals surface area contributed by atoms with Crippen LogP contribution in [0.3, 0.4) is 0 Å². The Hall–Kier alpha value is -1.36. The summed E-state index contributed by atoms with van der Waals surface area (Å²) in [5, 5.41) is 0. The van der Waals surface area contributed by atoms with Gasteiger partial charge in [-0.25, -0.2) is 9.97 Å². The first-order chi connectivity index (χ1) is 8.76. The molecule has 0 bridgehead atoms. The molecule has 0 saturated carbocycles. The minimum atomic E-state index is 0.546. The molecule has 18 heavy (non-hydrogen) atoms. The van der Waals surface area contributed by atoms with E-state index < -0.39 is 0 Å². The molecule has 1 aliphatic rings. The highest BCUT2D eigenvalue weighted by Gasteiger charge is 2.25. The second kappa shape index (κ2) is 6.00. The zero-order valence-corrected chi connectivity index (χ0v) is 11.3. The standard InChI is InChI=1S/C13H23N5/c1-3-17(2)12-9-13(16-10-15-12)18-8-4-5-11(18)6-7-14/h9-11H,3-8,14H2,1-2H3. The molecular formula is C13H23N5. The van der Waals surface area contributed by atoms with Gasteiger partial charge >= 0.3 is 0 Å². The molecule has 1 saturated heterocycles. The molecule has 0 radical (unpaired) electrons. The Bertz CT molecular complexity index is 381. The summed E-state index contributed by atoms with van der Waals surface area (Å²) in [7, 11) is 2.05. The van der Waals surface area contributed by atoms with Crippen LogP contribution in [0.15, 0.2) is 12.4 Å². The van der Waals surface area contributed by atoms with Gasteiger partial charge in [-0.1, -0.05) is 0 Å². The Kier molecular flexibility index (Phi) is 4.36. The van der Waals surface area contributed by atoms with Gasteiger partial charge in [0.05, 0.1) is 0 Å². The molecule has 5 heteroatoms. The molecule has 0 spiro atoms. The summed E-state index contributed by atoms with van der Waals surface area (Å²) >= 11 is 0. The fraction of sp³-hybridized carbons (Fsp3) is 0.692. The first-order valence-corrected chi connectivity index (χ1v) is 6.76. The highest BCUT2D eigenvalue weighted by atomic mass is 15.2. The molecule has 0 aliphatic carbocycles. The van der Waals surface area contributed by atoms with Crippen molar-refractivity contribution in [3.8, 4) is 0 Å². The number of hydrogen-bond donors (Lipinski definition) is 1. The van der Waals surface area contributed by atoms with Crippen LogP contribution >= 0.6 is 0 Å². The van der Waals surface area contributed by atoms with E-state index in [-0.39, 0.29) is 0 Å². The van der Waals surface area contributed by atoms with Crippen molar-refractivity contribution in [2.24, 2.45) is 5.73 Å². The van der Waals surface area contributed by atoms with Crippen molar-refractivity contribution in [2.75, 3.05) is 36.5 Å². The summed E-state index contributed by atoms with van der Waals surface area (Å²) in [5.41, 5.74) is 5.68. The molecule has 1 atom stereocenters.